The third kappa shape index (κ3) is 3.28. The van der Waals surface area contributed by atoms with Crippen LogP contribution in [0.3, 0.4) is 0 Å². The van der Waals surface area contributed by atoms with Crippen molar-refractivity contribution in [1.29, 1.82) is 0 Å². The van der Waals surface area contributed by atoms with Crippen LogP contribution in [0.25, 0.3) is 10.4 Å². The zero-order chi connectivity index (χ0) is 19.0. The first-order valence-electron chi connectivity index (χ1n) is 7.11. The summed E-state index contributed by atoms with van der Waals surface area (Å²) in [5.41, 5.74) is 6.91. The monoisotopic (exact) mass is 369 g/mol. The van der Waals surface area contributed by atoms with E-state index in [-0.39, 0.29) is 17.1 Å². The average Bonchev–Trinajstić information content (AvgIpc) is 2.46. The molecular weight excluding hydrogens is 353 g/mol. The molecule has 0 aliphatic carbocycles. The number of nitrogens with one attached hydrogen (secondary N) is 1. The van der Waals surface area contributed by atoms with Crippen LogP contribution >= 0.6 is 0 Å². The number of nitrogens with zero attached hydrogens (tertiary/aromatic N) is 4. The molecule has 2 rings (SSSR count). The Morgan fingerprint density at radius 2 is 2.08 bits per heavy atom. The predicted octanol–water partition coefficient (Wildman–Crippen LogP) is 2.86. The maximum atomic E-state index is 14.3. The van der Waals surface area contributed by atoms with Crippen LogP contribution in [0.5, 0.6) is 0 Å². The number of rotatable bonds is 2. The van der Waals surface area contributed by atoms with E-state index in [0.29, 0.717) is 0 Å². The molecule has 0 radical (unpaired) electrons. The number of amides is 1. The highest BCUT2D eigenvalue weighted by Gasteiger charge is 2.50. The van der Waals surface area contributed by atoms with Gasteiger partial charge in [0.2, 0.25) is 0 Å². The number of carboxylic acid groups (broad SMARTS) is 1. The lowest BCUT2D eigenvalue weighted by Gasteiger charge is -2.39. The Hall–Kier alpha value is -2.65. The molecule has 1 heterocycles. The van der Waals surface area contributed by atoms with Gasteiger partial charge in [-0.2, -0.15) is 0 Å². The molecule has 1 aliphatic rings. The van der Waals surface area contributed by atoms with Crippen molar-refractivity contribution >= 4 is 27.5 Å². The van der Waals surface area contributed by atoms with Crippen molar-refractivity contribution in [1.82, 2.24) is 5.32 Å². The Kier molecular flexibility index (Phi) is 4.49. The number of aliphatic imine (C=N–C) groups is 1. The van der Waals surface area contributed by atoms with Gasteiger partial charge >= 0.3 is 6.09 Å². The average molecular weight is 369 g/mol. The fourth-order valence-electron chi connectivity index (χ4n) is 2.57. The molecule has 1 atom stereocenters. The van der Waals surface area contributed by atoms with Gasteiger partial charge in [-0.1, -0.05) is 5.11 Å². The molecule has 134 valence electrons. The molecule has 0 aromatic heterocycles. The van der Waals surface area contributed by atoms with Crippen LogP contribution in [-0.2, 0) is 15.4 Å². The first-order chi connectivity index (χ1) is 11.4. The predicted molar refractivity (Wildman–Crippen MR) is 89.0 cm³/mol. The van der Waals surface area contributed by atoms with Crippen LogP contribution in [0.15, 0.2) is 28.3 Å². The molecule has 1 aromatic carbocycles. The number of hydrogen-bond acceptors (Lipinski definition) is 5. The van der Waals surface area contributed by atoms with Crippen molar-refractivity contribution in [2.45, 2.75) is 31.1 Å². The highest BCUT2D eigenvalue weighted by atomic mass is 32.2. The molecule has 1 aliphatic heterocycles. The lowest BCUT2D eigenvalue weighted by molar-refractivity contribution is 0.199. The minimum Gasteiger partial charge on any atom is -0.465 e. The van der Waals surface area contributed by atoms with Gasteiger partial charge in [0.25, 0.3) is 0 Å². The maximum Gasteiger partial charge on any atom is 0.410 e. The first-order valence-corrected chi connectivity index (χ1v) is 8.76. The van der Waals surface area contributed by atoms with E-state index < -0.39 is 37.8 Å². The van der Waals surface area contributed by atoms with Crippen molar-refractivity contribution in [2.24, 2.45) is 10.1 Å². The van der Waals surface area contributed by atoms with E-state index in [0.717, 1.165) is 6.07 Å². The SMILES string of the molecule is CC1(c2cc(N=[N+]=[N-])ccc2F)CS(=O)(=O)C(C)(C)C(NC(=O)O)=N1. The molecule has 0 fully saturated rings. The van der Waals surface area contributed by atoms with Crippen LogP contribution in [0.1, 0.15) is 26.3 Å². The van der Waals surface area contributed by atoms with E-state index in [2.05, 4.69) is 15.0 Å². The molecule has 0 spiro atoms. The third-order valence-electron chi connectivity index (χ3n) is 4.09. The van der Waals surface area contributed by atoms with E-state index >= 15 is 0 Å². The minimum atomic E-state index is -3.88. The summed E-state index contributed by atoms with van der Waals surface area (Å²) in [4.78, 5) is 17.8. The highest BCUT2D eigenvalue weighted by Crippen LogP contribution is 2.39. The van der Waals surface area contributed by atoms with Crippen molar-refractivity contribution in [3.63, 3.8) is 0 Å². The van der Waals surface area contributed by atoms with E-state index in [4.69, 9.17) is 10.6 Å². The summed E-state index contributed by atoms with van der Waals surface area (Å²) < 4.78 is 38.1. The van der Waals surface area contributed by atoms with Gasteiger partial charge in [-0.05, 0) is 44.5 Å². The summed E-state index contributed by atoms with van der Waals surface area (Å²) in [6.07, 6.45) is -1.48. The number of amidine groups is 1. The van der Waals surface area contributed by atoms with Crippen LogP contribution in [0.4, 0.5) is 14.9 Å². The van der Waals surface area contributed by atoms with Crippen molar-refractivity contribution < 1.29 is 22.7 Å². The van der Waals surface area contributed by atoms with Crippen LogP contribution < -0.4 is 5.32 Å². The Balaban J connectivity index is 2.73. The van der Waals surface area contributed by atoms with Crippen molar-refractivity contribution in [3.8, 4) is 0 Å². The van der Waals surface area contributed by atoms with E-state index in [1.54, 1.807) is 0 Å². The Morgan fingerprint density at radius 3 is 2.64 bits per heavy atom. The second-order valence-corrected chi connectivity index (χ2v) is 8.83. The van der Waals surface area contributed by atoms with Crippen molar-refractivity contribution in [2.75, 3.05) is 5.75 Å². The summed E-state index contributed by atoms with van der Waals surface area (Å²) >= 11 is 0. The molecule has 9 nitrogen and oxygen atoms in total. The molecule has 0 bridgehead atoms. The smallest absolute Gasteiger partial charge is 0.410 e. The van der Waals surface area contributed by atoms with Gasteiger partial charge in [0, 0.05) is 16.2 Å². The standard InChI is InChI=1S/C14H16FN5O4S/c1-13(2)11(17-12(21)22)18-14(3,7-25(13,23)24)9-6-8(19-20-16)4-5-10(9)15/h4-6H,7H2,1-3H3,(H,17,18)(H,21,22). The Labute approximate surface area is 143 Å². The molecular formula is C14H16FN5O4S. The minimum absolute atomic E-state index is 0.0882. The van der Waals surface area contributed by atoms with Crippen LogP contribution in [0.2, 0.25) is 0 Å². The first kappa shape index (κ1) is 18.7. The number of carbonyl (C=O) groups is 1. The van der Waals surface area contributed by atoms with Gasteiger partial charge in [0.05, 0.1) is 5.75 Å². The summed E-state index contributed by atoms with van der Waals surface area (Å²) in [6.45, 7) is 4.02. The Bertz CT molecular complexity index is 921. The largest absolute Gasteiger partial charge is 0.465 e. The number of benzene rings is 1. The summed E-state index contributed by atoms with van der Waals surface area (Å²) in [7, 11) is -3.88. The van der Waals surface area contributed by atoms with E-state index in [1.807, 2.05) is 5.32 Å². The van der Waals surface area contributed by atoms with Crippen LogP contribution in [-0.4, -0.2) is 36.0 Å². The molecule has 1 amide bonds. The van der Waals surface area contributed by atoms with Gasteiger partial charge in [-0.25, -0.2) is 17.6 Å². The second kappa shape index (κ2) is 6.01. The molecule has 2 N–H and O–H groups in total. The summed E-state index contributed by atoms with van der Waals surface area (Å²) in [6, 6.07) is 3.48. The molecule has 1 aromatic rings. The third-order valence-corrected chi connectivity index (χ3v) is 6.78. The van der Waals surface area contributed by atoms with Gasteiger partial charge < -0.3 is 5.11 Å². The Morgan fingerprint density at radius 1 is 1.44 bits per heavy atom. The van der Waals surface area contributed by atoms with Crippen LogP contribution in [0, 0.1) is 5.82 Å². The van der Waals surface area contributed by atoms with Gasteiger partial charge in [-0.3, -0.25) is 10.3 Å². The summed E-state index contributed by atoms with van der Waals surface area (Å²) in [5, 5.41) is 14.3. The fourth-order valence-corrected chi connectivity index (χ4v) is 4.28. The number of halogens is 1. The van der Waals surface area contributed by atoms with E-state index in [1.165, 1.54) is 32.9 Å². The lowest BCUT2D eigenvalue weighted by Crippen LogP contribution is -2.57. The highest BCUT2D eigenvalue weighted by molar-refractivity contribution is 7.93. The number of sulfone groups is 1. The topological polar surface area (TPSA) is 145 Å². The van der Waals surface area contributed by atoms with Crippen molar-refractivity contribution in [3.05, 3.63) is 40.0 Å². The fraction of sp³-hybridized carbons (Fsp3) is 0.429. The lowest BCUT2D eigenvalue weighted by atomic mass is 9.92. The zero-order valence-corrected chi connectivity index (χ0v) is 14.5. The normalized spacial score (nSPS) is 23.9. The van der Waals surface area contributed by atoms with Gasteiger partial charge in [0.1, 0.15) is 21.9 Å². The molecule has 0 saturated carbocycles. The quantitative estimate of drug-likeness (QED) is 0.469. The maximum absolute atomic E-state index is 14.3. The van der Waals surface area contributed by atoms with Gasteiger partial charge in [0.15, 0.2) is 9.84 Å². The molecule has 11 heteroatoms. The van der Waals surface area contributed by atoms with E-state index in [9.17, 15) is 17.6 Å². The number of hydrogen-bond donors (Lipinski definition) is 2. The molecule has 0 saturated heterocycles. The zero-order valence-electron chi connectivity index (χ0n) is 13.7. The molecule has 25 heavy (non-hydrogen) atoms. The second-order valence-electron chi connectivity index (χ2n) is 6.29. The van der Waals surface area contributed by atoms with Gasteiger partial charge in [-0.15, -0.1) is 0 Å². The summed E-state index contributed by atoms with van der Waals surface area (Å²) in [5.74, 6) is -1.58. The number of azide groups is 1. The molecule has 1 unspecified atom stereocenters.